The van der Waals surface area contributed by atoms with Crippen LogP contribution in [-0.2, 0) is 0 Å². The van der Waals surface area contributed by atoms with Gasteiger partial charge in [0.15, 0.2) is 0 Å². The van der Waals surface area contributed by atoms with E-state index in [2.05, 4.69) is 4.98 Å². The third kappa shape index (κ3) is 2.78. The maximum Gasteiger partial charge on any atom is 0.254 e. The molecule has 21 heavy (non-hydrogen) atoms. The number of hydrogen-bond acceptors (Lipinski definition) is 3. The number of amides is 1. The summed E-state index contributed by atoms with van der Waals surface area (Å²) in [4.78, 5) is 18.1. The standard InChI is InChI=1S/C16H15FN2O2/c17-13-3-1-11(2-4-13)15-9-14(20)10-19(15)16(21)12-5-7-18-8-6-12/h1-8,14-15,20H,9-10H2/t14-,15-/m1/s1. The summed E-state index contributed by atoms with van der Waals surface area (Å²) in [7, 11) is 0. The number of likely N-dealkylation sites (tertiary alicyclic amines) is 1. The van der Waals surface area contributed by atoms with Crippen LogP contribution in [0.4, 0.5) is 4.39 Å². The first kappa shape index (κ1) is 13.7. The summed E-state index contributed by atoms with van der Waals surface area (Å²) < 4.78 is 13.0. The Morgan fingerprint density at radius 1 is 1.19 bits per heavy atom. The molecule has 1 N–H and O–H groups in total. The Hall–Kier alpha value is -2.27. The van der Waals surface area contributed by atoms with E-state index in [1.165, 1.54) is 12.1 Å². The second-order valence-corrected chi connectivity index (χ2v) is 5.15. The smallest absolute Gasteiger partial charge is 0.254 e. The molecule has 1 fully saturated rings. The number of nitrogens with zero attached hydrogens (tertiary/aromatic N) is 2. The lowest BCUT2D eigenvalue weighted by molar-refractivity contribution is 0.0715. The van der Waals surface area contributed by atoms with Gasteiger partial charge in [-0.3, -0.25) is 9.78 Å². The van der Waals surface area contributed by atoms with Gasteiger partial charge in [-0.05, 0) is 36.2 Å². The fourth-order valence-electron chi connectivity index (χ4n) is 2.70. The van der Waals surface area contributed by atoms with Crippen LogP contribution in [0.5, 0.6) is 0 Å². The highest BCUT2D eigenvalue weighted by atomic mass is 19.1. The summed E-state index contributed by atoms with van der Waals surface area (Å²) >= 11 is 0. The van der Waals surface area contributed by atoms with Crippen molar-refractivity contribution in [3.8, 4) is 0 Å². The molecule has 1 aromatic heterocycles. The van der Waals surface area contributed by atoms with Crippen molar-refractivity contribution >= 4 is 5.91 Å². The van der Waals surface area contributed by atoms with Crippen molar-refractivity contribution < 1.29 is 14.3 Å². The summed E-state index contributed by atoms with van der Waals surface area (Å²) in [5.74, 6) is -0.465. The van der Waals surface area contributed by atoms with Crippen molar-refractivity contribution in [3.63, 3.8) is 0 Å². The van der Waals surface area contributed by atoms with Gasteiger partial charge in [0.1, 0.15) is 5.82 Å². The van der Waals surface area contributed by atoms with E-state index in [-0.39, 0.29) is 24.3 Å². The molecule has 1 aliphatic rings. The number of pyridine rings is 1. The van der Waals surface area contributed by atoms with Crippen molar-refractivity contribution in [2.75, 3.05) is 6.54 Å². The monoisotopic (exact) mass is 286 g/mol. The largest absolute Gasteiger partial charge is 0.391 e. The summed E-state index contributed by atoms with van der Waals surface area (Å²) in [6.07, 6.45) is 3.02. The Labute approximate surface area is 121 Å². The maximum absolute atomic E-state index is 13.0. The maximum atomic E-state index is 13.0. The van der Waals surface area contributed by atoms with Gasteiger partial charge in [0.25, 0.3) is 5.91 Å². The zero-order chi connectivity index (χ0) is 14.8. The molecule has 2 heterocycles. The van der Waals surface area contributed by atoms with Gasteiger partial charge in [-0.1, -0.05) is 12.1 Å². The van der Waals surface area contributed by atoms with E-state index in [1.54, 1.807) is 41.6 Å². The van der Waals surface area contributed by atoms with Crippen molar-refractivity contribution in [3.05, 3.63) is 65.7 Å². The highest BCUT2D eigenvalue weighted by Gasteiger charge is 2.35. The average molecular weight is 286 g/mol. The number of carbonyl (C=O) groups excluding carboxylic acids is 1. The highest BCUT2D eigenvalue weighted by molar-refractivity contribution is 5.94. The average Bonchev–Trinajstić information content (AvgIpc) is 2.90. The molecule has 108 valence electrons. The molecule has 0 aliphatic carbocycles. The van der Waals surface area contributed by atoms with E-state index < -0.39 is 6.10 Å². The van der Waals surface area contributed by atoms with Crippen LogP contribution in [0.25, 0.3) is 0 Å². The van der Waals surface area contributed by atoms with E-state index in [9.17, 15) is 14.3 Å². The van der Waals surface area contributed by atoms with Gasteiger partial charge in [0.2, 0.25) is 0 Å². The zero-order valence-corrected chi connectivity index (χ0v) is 11.3. The molecule has 1 aliphatic heterocycles. The lowest BCUT2D eigenvalue weighted by atomic mass is 10.0. The predicted molar refractivity (Wildman–Crippen MR) is 75.0 cm³/mol. The van der Waals surface area contributed by atoms with Gasteiger partial charge in [-0.2, -0.15) is 0 Å². The number of hydrogen-bond donors (Lipinski definition) is 1. The third-order valence-corrected chi connectivity index (χ3v) is 3.72. The lowest BCUT2D eigenvalue weighted by Crippen LogP contribution is -2.31. The summed E-state index contributed by atoms with van der Waals surface area (Å²) in [5.41, 5.74) is 1.36. The number of carbonyl (C=O) groups is 1. The first-order chi connectivity index (χ1) is 10.1. The normalized spacial score (nSPS) is 21.5. The first-order valence-corrected chi connectivity index (χ1v) is 6.79. The van der Waals surface area contributed by atoms with Crippen LogP contribution < -0.4 is 0 Å². The van der Waals surface area contributed by atoms with Gasteiger partial charge < -0.3 is 10.0 Å². The zero-order valence-electron chi connectivity index (χ0n) is 11.3. The minimum absolute atomic E-state index is 0.150. The molecule has 0 radical (unpaired) electrons. The van der Waals surface area contributed by atoms with Crippen molar-refractivity contribution in [2.45, 2.75) is 18.6 Å². The molecule has 0 bridgehead atoms. The molecule has 1 saturated heterocycles. The topological polar surface area (TPSA) is 53.4 Å². The van der Waals surface area contributed by atoms with Crippen LogP contribution >= 0.6 is 0 Å². The van der Waals surface area contributed by atoms with E-state index >= 15 is 0 Å². The highest BCUT2D eigenvalue weighted by Crippen LogP contribution is 2.33. The summed E-state index contributed by atoms with van der Waals surface area (Å²) in [5, 5.41) is 9.90. The first-order valence-electron chi connectivity index (χ1n) is 6.79. The molecule has 0 spiro atoms. The molecule has 3 rings (SSSR count). The van der Waals surface area contributed by atoms with Crippen LogP contribution in [0.1, 0.15) is 28.4 Å². The lowest BCUT2D eigenvalue weighted by Gasteiger charge is -2.24. The molecule has 5 heteroatoms. The van der Waals surface area contributed by atoms with Gasteiger partial charge in [0, 0.05) is 24.5 Å². The van der Waals surface area contributed by atoms with E-state index in [0.717, 1.165) is 5.56 Å². The quantitative estimate of drug-likeness (QED) is 0.920. The number of β-amino-alcohol motifs (C(OH)–C–C–N with tert-alkyl or cyclic N) is 1. The Balaban J connectivity index is 1.89. The number of aliphatic hydroxyl groups is 1. The van der Waals surface area contributed by atoms with Crippen LogP contribution in [-0.4, -0.2) is 33.5 Å². The molecular weight excluding hydrogens is 271 g/mol. The van der Waals surface area contributed by atoms with Crippen molar-refractivity contribution in [1.82, 2.24) is 9.88 Å². The minimum atomic E-state index is -0.564. The van der Waals surface area contributed by atoms with Gasteiger partial charge in [-0.25, -0.2) is 4.39 Å². The molecule has 4 nitrogen and oxygen atoms in total. The van der Waals surface area contributed by atoms with Gasteiger partial charge >= 0.3 is 0 Å². The Bertz CT molecular complexity index is 630. The molecule has 2 aromatic rings. The molecule has 0 saturated carbocycles. The molecule has 1 amide bonds. The van der Waals surface area contributed by atoms with Crippen LogP contribution in [0.15, 0.2) is 48.8 Å². The van der Waals surface area contributed by atoms with Crippen LogP contribution in [0.3, 0.4) is 0 Å². The molecular formula is C16H15FN2O2. The van der Waals surface area contributed by atoms with Crippen LogP contribution in [0.2, 0.25) is 0 Å². The number of halogens is 1. The van der Waals surface area contributed by atoms with Gasteiger partial charge in [0.05, 0.1) is 12.1 Å². The summed E-state index contributed by atoms with van der Waals surface area (Å²) in [6.45, 7) is 0.281. The fourth-order valence-corrected chi connectivity index (χ4v) is 2.70. The van der Waals surface area contributed by atoms with Crippen molar-refractivity contribution in [1.29, 1.82) is 0 Å². The Morgan fingerprint density at radius 2 is 1.86 bits per heavy atom. The van der Waals surface area contributed by atoms with E-state index in [4.69, 9.17) is 0 Å². The Morgan fingerprint density at radius 3 is 2.52 bits per heavy atom. The Kier molecular flexibility index (Phi) is 3.66. The number of aliphatic hydroxyl groups excluding tert-OH is 1. The number of benzene rings is 1. The number of rotatable bonds is 2. The second-order valence-electron chi connectivity index (χ2n) is 5.15. The molecule has 1 aromatic carbocycles. The number of aromatic nitrogens is 1. The SMILES string of the molecule is O=C(c1ccncc1)N1C[C@H](O)C[C@@H]1c1ccc(F)cc1. The van der Waals surface area contributed by atoms with Crippen LogP contribution in [0, 0.1) is 5.82 Å². The summed E-state index contributed by atoms with van der Waals surface area (Å²) in [6, 6.07) is 9.12. The van der Waals surface area contributed by atoms with Crippen molar-refractivity contribution in [2.24, 2.45) is 0 Å². The fraction of sp³-hybridized carbons (Fsp3) is 0.250. The predicted octanol–water partition coefficient (Wildman–Crippen LogP) is 2.17. The van der Waals surface area contributed by atoms with E-state index in [0.29, 0.717) is 12.0 Å². The molecule has 2 atom stereocenters. The third-order valence-electron chi connectivity index (χ3n) is 3.72. The minimum Gasteiger partial charge on any atom is -0.391 e. The van der Waals surface area contributed by atoms with E-state index in [1.807, 2.05) is 0 Å². The molecule has 0 unspecified atom stereocenters. The second kappa shape index (κ2) is 5.61. The van der Waals surface area contributed by atoms with Gasteiger partial charge in [-0.15, -0.1) is 0 Å².